The highest BCUT2D eigenvalue weighted by Gasteiger charge is 2.42. The summed E-state index contributed by atoms with van der Waals surface area (Å²) in [7, 11) is 1.50. The molecular formula is C34H33F4N5O3. The van der Waals surface area contributed by atoms with E-state index < -0.39 is 36.2 Å². The number of carbonyl (C=O) groups is 1. The molecule has 0 bridgehead atoms. The van der Waals surface area contributed by atoms with Gasteiger partial charge in [-0.15, -0.1) is 0 Å². The van der Waals surface area contributed by atoms with E-state index in [-0.39, 0.29) is 25.2 Å². The Morgan fingerprint density at radius 3 is 2.39 bits per heavy atom. The Kier molecular flexibility index (Phi) is 8.07. The van der Waals surface area contributed by atoms with Crippen LogP contribution in [0.1, 0.15) is 46.5 Å². The Hall–Kier alpha value is -4.74. The molecule has 6 rings (SSSR count). The maximum absolute atomic E-state index is 13.8. The molecule has 8 nitrogen and oxygen atoms in total. The van der Waals surface area contributed by atoms with Crippen molar-refractivity contribution in [2.45, 2.75) is 58.7 Å². The number of alkyl halides is 4. The first kappa shape index (κ1) is 31.3. The highest BCUT2D eigenvalue weighted by Crippen LogP contribution is 2.40. The molecule has 0 aliphatic carbocycles. The Bertz CT molecular complexity index is 1810. The molecule has 2 atom stereocenters. The number of pyridine rings is 1. The van der Waals surface area contributed by atoms with Gasteiger partial charge in [0, 0.05) is 29.1 Å². The minimum Gasteiger partial charge on any atom is -0.481 e. The molecule has 2 aromatic heterocycles. The topological polar surface area (TPSA) is 80.7 Å². The molecule has 1 amide bonds. The molecule has 2 fully saturated rings. The average molecular weight is 636 g/mol. The smallest absolute Gasteiger partial charge is 0.416 e. The van der Waals surface area contributed by atoms with Gasteiger partial charge in [0.25, 0.3) is 0 Å². The van der Waals surface area contributed by atoms with Crippen LogP contribution in [0.2, 0.25) is 0 Å². The second kappa shape index (κ2) is 11.9. The largest absolute Gasteiger partial charge is 0.481 e. The van der Waals surface area contributed by atoms with E-state index in [2.05, 4.69) is 16.0 Å². The molecule has 4 heterocycles. The first-order chi connectivity index (χ1) is 21.8. The fraction of sp³-hybridized carbons (Fsp3) is 0.353. The van der Waals surface area contributed by atoms with E-state index in [1.807, 2.05) is 32.0 Å². The predicted molar refractivity (Wildman–Crippen MR) is 164 cm³/mol. The lowest BCUT2D eigenvalue weighted by molar-refractivity contribution is -0.137. The Morgan fingerprint density at radius 2 is 1.72 bits per heavy atom. The van der Waals surface area contributed by atoms with E-state index in [0.29, 0.717) is 34.2 Å². The van der Waals surface area contributed by atoms with Crippen molar-refractivity contribution < 1.29 is 31.8 Å². The van der Waals surface area contributed by atoms with Crippen LogP contribution in [-0.2, 0) is 17.5 Å². The third-order valence-corrected chi connectivity index (χ3v) is 8.47. The Balaban J connectivity index is 1.40. The lowest BCUT2D eigenvalue weighted by atomic mass is 9.96. The first-order valence-corrected chi connectivity index (χ1v) is 14.9. The standard InChI is InChI=1S/C34H33F4N5O3/c1-18-6-7-26(20(3)8-18)23-12-27(31(45-5)39-13-23)28-14-40-32(42-15-25(35)16-42)41-29(28)17-43-21(4)30(46-33(43)44)22-9-19(2)10-24(11-22)34(36,37)38/h6-14,21,25,30H,15-17H2,1-5H3/t21-,30-/m0/s1. The van der Waals surface area contributed by atoms with Crippen molar-refractivity contribution in [1.82, 2.24) is 19.9 Å². The summed E-state index contributed by atoms with van der Waals surface area (Å²) >= 11 is 0. The third kappa shape index (κ3) is 5.95. The summed E-state index contributed by atoms with van der Waals surface area (Å²) in [5.41, 5.74) is 5.39. The summed E-state index contributed by atoms with van der Waals surface area (Å²) < 4.78 is 65.9. The van der Waals surface area contributed by atoms with Crippen LogP contribution < -0.4 is 9.64 Å². The van der Waals surface area contributed by atoms with Gasteiger partial charge in [-0.25, -0.2) is 24.1 Å². The number of hydrogen-bond acceptors (Lipinski definition) is 7. The zero-order valence-electron chi connectivity index (χ0n) is 26.0. The molecule has 2 aromatic carbocycles. The molecular weight excluding hydrogens is 602 g/mol. The molecule has 2 aliphatic heterocycles. The predicted octanol–water partition coefficient (Wildman–Crippen LogP) is 7.40. The molecule has 2 saturated heterocycles. The summed E-state index contributed by atoms with van der Waals surface area (Å²) in [5, 5.41) is 0. The van der Waals surface area contributed by atoms with E-state index in [1.54, 1.807) is 37.2 Å². The van der Waals surface area contributed by atoms with Gasteiger partial charge in [0.2, 0.25) is 11.8 Å². The van der Waals surface area contributed by atoms with Crippen LogP contribution in [-0.4, -0.2) is 58.4 Å². The van der Waals surface area contributed by atoms with E-state index in [4.69, 9.17) is 14.5 Å². The lowest BCUT2D eigenvalue weighted by Crippen LogP contribution is -2.49. The highest BCUT2D eigenvalue weighted by atomic mass is 19.4. The van der Waals surface area contributed by atoms with Gasteiger partial charge in [0.1, 0.15) is 12.3 Å². The van der Waals surface area contributed by atoms with Crippen LogP contribution in [0, 0.1) is 20.8 Å². The molecule has 0 spiro atoms. The molecule has 0 N–H and O–H groups in total. The minimum atomic E-state index is -4.55. The quantitative estimate of drug-likeness (QED) is 0.196. The van der Waals surface area contributed by atoms with Gasteiger partial charge < -0.3 is 14.4 Å². The Morgan fingerprint density at radius 1 is 0.957 bits per heavy atom. The molecule has 0 unspecified atom stereocenters. The van der Waals surface area contributed by atoms with Crippen molar-refractivity contribution in [2.75, 3.05) is 25.1 Å². The number of halogens is 4. The van der Waals surface area contributed by atoms with Gasteiger partial charge in [0.05, 0.1) is 44.0 Å². The number of aryl methyl sites for hydroxylation is 3. The molecule has 240 valence electrons. The number of nitrogens with zero attached hydrogens (tertiary/aromatic N) is 5. The zero-order chi connectivity index (χ0) is 32.9. The fourth-order valence-electron chi connectivity index (χ4n) is 6.05. The highest BCUT2D eigenvalue weighted by molar-refractivity contribution is 5.79. The van der Waals surface area contributed by atoms with Crippen LogP contribution in [0.25, 0.3) is 22.3 Å². The van der Waals surface area contributed by atoms with Crippen molar-refractivity contribution in [3.8, 4) is 28.1 Å². The summed E-state index contributed by atoms with van der Waals surface area (Å²) in [4.78, 5) is 30.3. The summed E-state index contributed by atoms with van der Waals surface area (Å²) in [6.45, 7) is 7.56. The number of cyclic esters (lactones) is 1. The Labute approximate surface area is 264 Å². The number of methoxy groups -OCH3 is 1. The monoisotopic (exact) mass is 635 g/mol. The molecule has 0 saturated carbocycles. The van der Waals surface area contributed by atoms with E-state index in [9.17, 15) is 22.4 Å². The number of amides is 1. The summed E-state index contributed by atoms with van der Waals surface area (Å²) in [6.07, 6.45) is -3.85. The van der Waals surface area contributed by atoms with Crippen LogP contribution in [0.4, 0.5) is 28.3 Å². The van der Waals surface area contributed by atoms with E-state index >= 15 is 0 Å². The zero-order valence-corrected chi connectivity index (χ0v) is 26.0. The van der Waals surface area contributed by atoms with Crippen LogP contribution in [0.15, 0.2) is 54.9 Å². The number of ether oxygens (including phenoxy) is 2. The number of benzene rings is 2. The van der Waals surface area contributed by atoms with Crippen molar-refractivity contribution in [1.29, 1.82) is 0 Å². The van der Waals surface area contributed by atoms with Gasteiger partial charge in [-0.3, -0.25) is 4.90 Å². The van der Waals surface area contributed by atoms with Gasteiger partial charge in [-0.1, -0.05) is 35.4 Å². The van der Waals surface area contributed by atoms with Crippen molar-refractivity contribution in [3.05, 3.63) is 88.4 Å². The maximum Gasteiger partial charge on any atom is 0.416 e. The molecule has 4 aromatic rings. The van der Waals surface area contributed by atoms with Crippen molar-refractivity contribution in [2.24, 2.45) is 0 Å². The molecule has 2 aliphatic rings. The normalized spacial score (nSPS) is 18.5. The van der Waals surface area contributed by atoms with Crippen LogP contribution in [0.3, 0.4) is 0 Å². The number of aromatic nitrogens is 3. The van der Waals surface area contributed by atoms with Crippen molar-refractivity contribution in [3.63, 3.8) is 0 Å². The summed E-state index contributed by atoms with van der Waals surface area (Å²) in [6, 6.07) is 11.1. The van der Waals surface area contributed by atoms with Crippen molar-refractivity contribution >= 4 is 12.0 Å². The van der Waals surface area contributed by atoms with Gasteiger partial charge in [-0.2, -0.15) is 13.2 Å². The summed E-state index contributed by atoms with van der Waals surface area (Å²) in [5.74, 6) is 0.614. The fourth-order valence-corrected chi connectivity index (χ4v) is 6.05. The molecule has 46 heavy (non-hydrogen) atoms. The first-order valence-electron chi connectivity index (χ1n) is 14.9. The number of anilines is 1. The SMILES string of the molecule is COc1ncc(-c2ccc(C)cc2C)cc1-c1cnc(N2CC(F)C2)nc1CN1C(=O)O[C@H](c2cc(C)cc(C(F)(F)F)c2)[C@@H]1C. The van der Waals surface area contributed by atoms with Gasteiger partial charge in [-0.05, 0) is 62.6 Å². The maximum atomic E-state index is 13.8. The van der Waals surface area contributed by atoms with E-state index in [0.717, 1.165) is 34.4 Å². The minimum absolute atomic E-state index is 0.0524. The second-order valence-electron chi connectivity index (χ2n) is 11.9. The van der Waals surface area contributed by atoms with Gasteiger partial charge in [0.15, 0.2) is 0 Å². The van der Waals surface area contributed by atoms with Gasteiger partial charge >= 0.3 is 12.3 Å². The molecule has 0 radical (unpaired) electrons. The van der Waals surface area contributed by atoms with E-state index in [1.165, 1.54) is 12.0 Å². The second-order valence-corrected chi connectivity index (χ2v) is 11.9. The third-order valence-electron chi connectivity index (χ3n) is 8.47. The lowest BCUT2D eigenvalue weighted by Gasteiger charge is -2.34. The molecule has 12 heteroatoms. The number of hydrogen-bond donors (Lipinski definition) is 0. The number of rotatable bonds is 7. The number of carbonyl (C=O) groups excluding carboxylic acids is 1. The van der Waals surface area contributed by atoms with Crippen LogP contribution in [0.5, 0.6) is 5.88 Å². The van der Waals surface area contributed by atoms with Crippen LogP contribution >= 0.6 is 0 Å². The average Bonchev–Trinajstić information content (AvgIpc) is 3.27.